The summed E-state index contributed by atoms with van der Waals surface area (Å²) >= 11 is 0. The highest BCUT2D eigenvalue weighted by molar-refractivity contribution is 5.79. The molecule has 0 radical (unpaired) electrons. The van der Waals surface area contributed by atoms with Crippen LogP contribution in [0.25, 0.3) is 0 Å². The second-order valence-electron chi connectivity index (χ2n) is 9.64. The van der Waals surface area contributed by atoms with Crippen molar-refractivity contribution < 1.29 is 14.3 Å². The van der Waals surface area contributed by atoms with Gasteiger partial charge in [0.15, 0.2) is 0 Å². The molecule has 4 rings (SSSR count). The standard InChI is InChI=1S/C29H38N4O3/c1-3-32(4-2)28(34)18-23-14-16-33-20-24(23)11-9-17-36-27-13-6-5-10-25(27)19-31(22-29(33)35)21-26-12-7-8-15-30-26/h5-13,15,23-24H,3-4,14,16-22H2,1-2H3/b11-9-/t23-,24-/m0/s1. The van der Waals surface area contributed by atoms with Crippen molar-refractivity contribution >= 4 is 11.8 Å². The lowest BCUT2D eigenvalue weighted by molar-refractivity contribution is -0.136. The summed E-state index contributed by atoms with van der Waals surface area (Å²) in [6.07, 6.45) is 7.35. The quantitative estimate of drug-likeness (QED) is 0.577. The molecule has 1 saturated heterocycles. The molecule has 0 spiro atoms. The van der Waals surface area contributed by atoms with E-state index in [9.17, 15) is 9.59 Å². The molecule has 2 aliphatic rings. The Morgan fingerprint density at radius 1 is 1.11 bits per heavy atom. The largest absolute Gasteiger partial charge is 0.489 e. The van der Waals surface area contributed by atoms with Gasteiger partial charge in [-0.2, -0.15) is 0 Å². The van der Waals surface area contributed by atoms with Gasteiger partial charge >= 0.3 is 0 Å². The number of rotatable bonds is 6. The summed E-state index contributed by atoms with van der Waals surface area (Å²) in [7, 11) is 0. The highest BCUT2D eigenvalue weighted by Gasteiger charge is 2.33. The highest BCUT2D eigenvalue weighted by atomic mass is 16.5. The minimum absolute atomic E-state index is 0.121. The zero-order valence-corrected chi connectivity index (χ0v) is 21.5. The summed E-state index contributed by atoms with van der Waals surface area (Å²) < 4.78 is 6.15. The van der Waals surface area contributed by atoms with Gasteiger partial charge in [0.05, 0.1) is 12.2 Å². The Morgan fingerprint density at radius 3 is 2.69 bits per heavy atom. The number of fused-ring (bicyclic) bond motifs is 3. The summed E-state index contributed by atoms with van der Waals surface area (Å²) in [5.41, 5.74) is 1.98. The number of para-hydroxylation sites is 1. The summed E-state index contributed by atoms with van der Waals surface area (Å²) in [5.74, 6) is 1.51. The molecule has 0 unspecified atom stereocenters. The van der Waals surface area contributed by atoms with E-state index in [0.29, 0.717) is 45.8 Å². The molecule has 2 amide bonds. The minimum Gasteiger partial charge on any atom is -0.489 e. The predicted octanol–water partition coefficient (Wildman–Crippen LogP) is 3.76. The number of hydrogen-bond acceptors (Lipinski definition) is 5. The van der Waals surface area contributed by atoms with Gasteiger partial charge in [-0.15, -0.1) is 0 Å². The molecule has 7 heteroatoms. The fourth-order valence-electron chi connectivity index (χ4n) is 5.22. The number of carbonyl (C=O) groups is 2. The maximum atomic E-state index is 13.5. The van der Waals surface area contributed by atoms with Gasteiger partial charge in [-0.05, 0) is 50.3 Å². The zero-order chi connectivity index (χ0) is 25.3. The lowest BCUT2D eigenvalue weighted by Crippen LogP contribution is -2.48. The molecular formula is C29H38N4O3. The zero-order valence-electron chi connectivity index (χ0n) is 21.5. The third kappa shape index (κ3) is 6.72. The average molecular weight is 491 g/mol. The summed E-state index contributed by atoms with van der Waals surface area (Å²) in [4.78, 5) is 36.9. The van der Waals surface area contributed by atoms with Crippen molar-refractivity contribution in [2.24, 2.45) is 11.8 Å². The molecule has 1 aromatic carbocycles. The Hall–Kier alpha value is -3.19. The van der Waals surface area contributed by atoms with Crippen molar-refractivity contribution in [3.8, 4) is 5.75 Å². The van der Waals surface area contributed by atoms with Gasteiger partial charge in [-0.1, -0.05) is 36.4 Å². The van der Waals surface area contributed by atoms with E-state index in [2.05, 4.69) is 22.0 Å². The lowest BCUT2D eigenvalue weighted by Gasteiger charge is -2.38. The number of hydrogen-bond donors (Lipinski definition) is 0. The van der Waals surface area contributed by atoms with Crippen molar-refractivity contribution in [1.29, 1.82) is 0 Å². The number of ether oxygens (including phenoxy) is 1. The Bertz CT molecular complexity index is 1040. The molecule has 2 bridgehead atoms. The SMILES string of the molecule is CCN(CC)C(=O)C[C@@H]1CCN2C[C@@H]1/C=C\COc1ccccc1CN(Cc1ccccn1)CC2=O. The first-order valence-corrected chi connectivity index (χ1v) is 13.1. The van der Waals surface area contributed by atoms with E-state index in [-0.39, 0.29) is 23.7 Å². The molecule has 1 fully saturated rings. The van der Waals surface area contributed by atoms with E-state index < -0.39 is 0 Å². The van der Waals surface area contributed by atoms with Crippen LogP contribution >= 0.6 is 0 Å². The van der Waals surface area contributed by atoms with Crippen molar-refractivity contribution in [2.45, 2.75) is 39.8 Å². The van der Waals surface area contributed by atoms with Crippen molar-refractivity contribution in [3.63, 3.8) is 0 Å². The van der Waals surface area contributed by atoms with Crippen molar-refractivity contribution in [3.05, 3.63) is 72.1 Å². The molecule has 36 heavy (non-hydrogen) atoms. The topological polar surface area (TPSA) is 66.0 Å². The van der Waals surface area contributed by atoms with E-state index in [0.717, 1.165) is 36.5 Å². The van der Waals surface area contributed by atoms with Gasteiger partial charge in [-0.25, -0.2) is 0 Å². The van der Waals surface area contributed by atoms with Crippen molar-refractivity contribution in [1.82, 2.24) is 19.7 Å². The summed E-state index contributed by atoms with van der Waals surface area (Å²) in [6.45, 7) is 8.76. The first kappa shape index (κ1) is 25.9. The summed E-state index contributed by atoms with van der Waals surface area (Å²) in [6, 6.07) is 13.9. The van der Waals surface area contributed by atoms with E-state index in [1.807, 2.05) is 66.1 Å². The third-order valence-electron chi connectivity index (χ3n) is 7.27. The third-order valence-corrected chi connectivity index (χ3v) is 7.27. The Kier molecular flexibility index (Phi) is 9.11. The van der Waals surface area contributed by atoms with Crippen LogP contribution in [0.15, 0.2) is 60.8 Å². The molecule has 2 aromatic rings. The molecule has 2 aliphatic heterocycles. The lowest BCUT2D eigenvalue weighted by atomic mass is 9.82. The van der Waals surface area contributed by atoms with Crippen LogP contribution in [-0.4, -0.2) is 70.8 Å². The minimum atomic E-state index is 0.121. The van der Waals surface area contributed by atoms with Crippen LogP contribution in [0, 0.1) is 11.8 Å². The smallest absolute Gasteiger partial charge is 0.236 e. The molecule has 2 atom stereocenters. The molecular weight excluding hydrogens is 452 g/mol. The Morgan fingerprint density at radius 2 is 1.92 bits per heavy atom. The van der Waals surface area contributed by atoms with Crippen LogP contribution in [0.5, 0.6) is 5.75 Å². The highest BCUT2D eigenvalue weighted by Crippen LogP contribution is 2.29. The predicted molar refractivity (Wildman–Crippen MR) is 140 cm³/mol. The van der Waals surface area contributed by atoms with E-state index in [1.54, 1.807) is 6.20 Å². The van der Waals surface area contributed by atoms with Crippen molar-refractivity contribution in [2.75, 3.05) is 39.3 Å². The molecule has 0 aliphatic carbocycles. The molecule has 1 aromatic heterocycles. The maximum absolute atomic E-state index is 13.5. The van der Waals surface area contributed by atoms with Crippen LogP contribution in [0.4, 0.5) is 0 Å². The monoisotopic (exact) mass is 490 g/mol. The van der Waals surface area contributed by atoms with Crippen LogP contribution in [0.2, 0.25) is 0 Å². The van der Waals surface area contributed by atoms with Gasteiger partial charge < -0.3 is 14.5 Å². The van der Waals surface area contributed by atoms with Gasteiger partial charge in [0, 0.05) is 57.4 Å². The number of nitrogens with zero attached hydrogens (tertiary/aromatic N) is 4. The number of carbonyl (C=O) groups excluding carboxylic acids is 2. The Balaban J connectivity index is 1.56. The summed E-state index contributed by atoms with van der Waals surface area (Å²) in [5, 5.41) is 0. The number of amides is 2. The first-order chi connectivity index (χ1) is 17.6. The van der Waals surface area contributed by atoms with Crippen LogP contribution in [0.1, 0.15) is 37.9 Å². The van der Waals surface area contributed by atoms with Gasteiger partial charge in [0.25, 0.3) is 0 Å². The van der Waals surface area contributed by atoms with Crippen LogP contribution < -0.4 is 4.74 Å². The van der Waals surface area contributed by atoms with Gasteiger partial charge in [-0.3, -0.25) is 19.5 Å². The second-order valence-corrected chi connectivity index (χ2v) is 9.64. The Labute approximate surface area is 214 Å². The maximum Gasteiger partial charge on any atom is 0.236 e. The number of pyridine rings is 1. The van der Waals surface area contributed by atoms with Crippen LogP contribution in [-0.2, 0) is 22.7 Å². The van der Waals surface area contributed by atoms with E-state index >= 15 is 0 Å². The van der Waals surface area contributed by atoms with Gasteiger partial charge in [0.2, 0.25) is 11.8 Å². The number of piperidine rings is 1. The molecule has 0 saturated carbocycles. The molecule has 7 nitrogen and oxygen atoms in total. The first-order valence-electron chi connectivity index (χ1n) is 13.1. The number of aromatic nitrogens is 1. The van der Waals surface area contributed by atoms with Gasteiger partial charge in [0.1, 0.15) is 12.4 Å². The fraction of sp³-hybridized carbons (Fsp3) is 0.483. The molecule has 192 valence electrons. The van der Waals surface area contributed by atoms with E-state index in [4.69, 9.17) is 4.74 Å². The number of benzene rings is 1. The molecule has 3 heterocycles. The van der Waals surface area contributed by atoms with Crippen LogP contribution in [0.3, 0.4) is 0 Å². The molecule has 0 N–H and O–H groups in total. The fourth-order valence-corrected chi connectivity index (χ4v) is 5.22. The van der Waals surface area contributed by atoms with E-state index in [1.165, 1.54) is 0 Å². The second kappa shape index (κ2) is 12.7. The average Bonchev–Trinajstić information content (AvgIpc) is 2.89. The normalized spacial score (nSPS) is 21.8.